The van der Waals surface area contributed by atoms with Gasteiger partial charge < -0.3 is 14.7 Å². The number of hydrogen-bond acceptors (Lipinski definition) is 4. The van der Waals surface area contributed by atoms with Gasteiger partial charge in [0.25, 0.3) is 5.91 Å². The van der Waals surface area contributed by atoms with Crippen LogP contribution < -0.4 is 10.2 Å². The lowest BCUT2D eigenvalue weighted by molar-refractivity contribution is -0.117. The lowest BCUT2D eigenvalue weighted by atomic mass is 10.1. The molecular formula is C21H19N3O3. The number of amides is 2. The quantitative estimate of drug-likeness (QED) is 0.774. The third kappa shape index (κ3) is 3.33. The molecule has 6 heteroatoms. The second-order valence-corrected chi connectivity index (χ2v) is 6.54. The number of hydrogen-bond donors (Lipinski definition) is 1. The summed E-state index contributed by atoms with van der Waals surface area (Å²) in [7, 11) is 0. The fourth-order valence-electron chi connectivity index (χ4n) is 3.35. The normalized spacial score (nSPS) is 16.6. The Labute approximate surface area is 156 Å². The van der Waals surface area contributed by atoms with Gasteiger partial charge in [-0.2, -0.15) is 0 Å². The Morgan fingerprint density at radius 2 is 1.78 bits per heavy atom. The molecular weight excluding hydrogens is 342 g/mol. The number of nitrogens with one attached hydrogen (secondary N) is 1. The van der Waals surface area contributed by atoms with Crippen LogP contribution >= 0.6 is 0 Å². The molecule has 0 bridgehead atoms. The molecule has 6 nitrogen and oxygen atoms in total. The lowest BCUT2D eigenvalue weighted by Crippen LogP contribution is -2.37. The van der Waals surface area contributed by atoms with Crippen molar-refractivity contribution in [3.05, 3.63) is 72.0 Å². The Hall–Kier alpha value is -3.41. The van der Waals surface area contributed by atoms with Crippen LogP contribution in [0.5, 0.6) is 0 Å². The van der Waals surface area contributed by atoms with Crippen molar-refractivity contribution in [1.29, 1.82) is 0 Å². The number of nitrogens with zero attached hydrogens (tertiary/aromatic N) is 2. The molecule has 1 fully saturated rings. The molecule has 2 aromatic carbocycles. The highest BCUT2D eigenvalue weighted by Gasteiger charge is 2.33. The minimum Gasteiger partial charge on any atom is -0.360 e. The molecule has 0 unspecified atom stereocenters. The van der Waals surface area contributed by atoms with Crippen LogP contribution in [-0.4, -0.2) is 29.6 Å². The van der Waals surface area contributed by atoms with E-state index < -0.39 is 0 Å². The van der Waals surface area contributed by atoms with E-state index >= 15 is 0 Å². The Balaban J connectivity index is 1.53. The van der Waals surface area contributed by atoms with E-state index in [-0.39, 0.29) is 24.3 Å². The Morgan fingerprint density at radius 1 is 1.11 bits per heavy atom. The van der Waals surface area contributed by atoms with Gasteiger partial charge in [0.1, 0.15) is 17.0 Å². The summed E-state index contributed by atoms with van der Waals surface area (Å²) in [5.74, 6) is 0.174. The van der Waals surface area contributed by atoms with Crippen molar-refractivity contribution in [3.8, 4) is 11.3 Å². The van der Waals surface area contributed by atoms with Gasteiger partial charge >= 0.3 is 0 Å². The van der Waals surface area contributed by atoms with Crippen molar-refractivity contribution in [1.82, 2.24) is 10.5 Å². The predicted molar refractivity (Wildman–Crippen MR) is 101 cm³/mol. The summed E-state index contributed by atoms with van der Waals surface area (Å²) in [4.78, 5) is 26.9. The van der Waals surface area contributed by atoms with Crippen molar-refractivity contribution >= 4 is 17.5 Å². The third-order valence-corrected chi connectivity index (χ3v) is 4.67. The minimum absolute atomic E-state index is 0.00294. The van der Waals surface area contributed by atoms with Crippen LogP contribution in [0.3, 0.4) is 0 Å². The molecule has 0 spiro atoms. The van der Waals surface area contributed by atoms with Crippen LogP contribution in [0.4, 0.5) is 5.69 Å². The van der Waals surface area contributed by atoms with E-state index in [1.807, 2.05) is 60.7 Å². The summed E-state index contributed by atoms with van der Waals surface area (Å²) >= 11 is 0. The largest absolute Gasteiger partial charge is 0.360 e. The maximum atomic E-state index is 12.9. The average Bonchev–Trinajstić information content (AvgIpc) is 3.25. The average molecular weight is 361 g/mol. The molecule has 136 valence electrons. The summed E-state index contributed by atoms with van der Waals surface area (Å²) in [6.45, 7) is 2.16. The molecule has 27 heavy (non-hydrogen) atoms. The van der Waals surface area contributed by atoms with E-state index in [2.05, 4.69) is 10.5 Å². The number of aromatic nitrogens is 1. The summed E-state index contributed by atoms with van der Waals surface area (Å²) < 4.78 is 5.26. The van der Waals surface area contributed by atoms with Crippen molar-refractivity contribution in [2.75, 3.05) is 11.4 Å². The first kappa shape index (κ1) is 17.0. The summed E-state index contributed by atoms with van der Waals surface area (Å²) in [5.41, 5.74) is 2.57. The fourth-order valence-corrected chi connectivity index (χ4v) is 3.35. The standard InChI is InChI=1S/C21H19N3O3/c1-14-19(20(23-27-14)15-8-4-2-5-9-15)21(26)22-16-12-18(25)24(13-16)17-10-6-3-7-11-17/h2-11,16H,12-13H2,1H3,(H,22,26)/t16-/m1/s1. The summed E-state index contributed by atoms with van der Waals surface area (Å²) in [6, 6.07) is 18.6. The number of anilines is 1. The maximum Gasteiger partial charge on any atom is 0.257 e. The lowest BCUT2D eigenvalue weighted by Gasteiger charge is -2.17. The van der Waals surface area contributed by atoms with Gasteiger partial charge in [-0.25, -0.2) is 0 Å². The highest BCUT2D eigenvalue weighted by atomic mass is 16.5. The SMILES string of the molecule is Cc1onc(-c2ccccc2)c1C(=O)N[C@@H]1CC(=O)N(c2ccccc2)C1. The highest BCUT2D eigenvalue weighted by molar-refractivity contribution is 6.02. The molecule has 0 aliphatic carbocycles. The molecule has 3 aromatic rings. The second kappa shape index (κ2) is 7.07. The predicted octanol–water partition coefficient (Wildman–Crippen LogP) is 3.19. The Morgan fingerprint density at radius 3 is 2.48 bits per heavy atom. The van der Waals surface area contributed by atoms with Crippen LogP contribution in [-0.2, 0) is 4.79 Å². The van der Waals surface area contributed by atoms with Gasteiger partial charge in [-0.3, -0.25) is 9.59 Å². The number of para-hydroxylation sites is 1. The fraction of sp³-hybridized carbons (Fsp3) is 0.190. The van der Waals surface area contributed by atoms with Crippen LogP contribution in [0.25, 0.3) is 11.3 Å². The summed E-state index contributed by atoms with van der Waals surface area (Å²) in [6.07, 6.45) is 0.269. The smallest absolute Gasteiger partial charge is 0.257 e. The molecule has 0 radical (unpaired) electrons. The maximum absolute atomic E-state index is 12.9. The molecule has 1 aliphatic heterocycles. The number of rotatable bonds is 4. The molecule has 1 saturated heterocycles. The van der Waals surface area contributed by atoms with Crippen LogP contribution in [0.15, 0.2) is 65.2 Å². The Kier molecular flexibility index (Phi) is 4.46. The third-order valence-electron chi connectivity index (χ3n) is 4.67. The van der Waals surface area contributed by atoms with Crippen molar-refractivity contribution < 1.29 is 14.1 Å². The molecule has 1 atom stereocenters. The van der Waals surface area contributed by atoms with E-state index in [0.29, 0.717) is 23.6 Å². The van der Waals surface area contributed by atoms with Crippen molar-refractivity contribution in [3.63, 3.8) is 0 Å². The molecule has 1 aromatic heterocycles. The molecule has 2 heterocycles. The van der Waals surface area contributed by atoms with E-state index in [9.17, 15) is 9.59 Å². The number of aryl methyl sites for hydroxylation is 1. The molecule has 1 aliphatic rings. The van der Waals surface area contributed by atoms with Gasteiger partial charge in [0.15, 0.2) is 0 Å². The van der Waals surface area contributed by atoms with E-state index in [1.165, 1.54) is 0 Å². The molecule has 0 saturated carbocycles. The van der Waals surface area contributed by atoms with Crippen LogP contribution in [0.2, 0.25) is 0 Å². The van der Waals surface area contributed by atoms with Gasteiger partial charge in [-0.15, -0.1) is 0 Å². The summed E-state index contributed by atoms with van der Waals surface area (Å²) in [5, 5.41) is 7.01. The number of carbonyl (C=O) groups is 2. The van der Waals surface area contributed by atoms with Crippen molar-refractivity contribution in [2.45, 2.75) is 19.4 Å². The highest BCUT2D eigenvalue weighted by Crippen LogP contribution is 2.26. The number of carbonyl (C=O) groups excluding carboxylic acids is 2. The van der Waals surface area contributed by atoms with Gasteiger partial charge in [0, 0.05) is 24.2 Å². The number of benzene rings is 2. The van der Waals surface area contributed by atoms with Gasteiger partial charge in [0.05, 0.1) is 6.04 Å². The van der Waals surface area contributed by atoms with E-state index in [0.717, 1.165) is 11.3 Å². The van der Waals surface area contributed by atoms with Gasteiger partial charge in [-0.05, 0) is 19.1 Å². The molecule has 2 amide bonds. The van der Waals surface area contributed by atoms with Gasteiger partial charge in [0.2, 0.25) is 5.91 Å². The molecule has 1 N–H and O–H groups in total. The van der Waals surface area contributed by atoms with Crippen LogP contribution in [0.1, 0.15) is 22.5 Å². The monoisotopic (exact) mass is 361 g/mol. The second-order valence-electron chi connectivity index (χ2n) is 6.54. The minimum atomic E-state index is -0.277. The van der Waals surface area contributed by atoms with E-state index in [1.54, 1.807) is 11.8 Å². The first-order chi connectivity index (χ1) is 13.1. The van der Waals surface area contributed by atoms with Crippen molar-refractivity contribution in [2.24, 2.45) is 0 Å². The molecule has 4 rings (SSSR count). The van der Waals surface area contributed by atoms with Crippen LogP contribution in [0, 0.1) is 6.92 Å². The zero-order valence-electron chi connectivity index (χ0n) is 14.9. The zero-order chi connectivity index (χ0) is 18.8. The Bertz CT molecular complexity index is 967. The topological polar surface area (TPSA) is 75.4 Å². The first-order valence-corrected chi connectivity index (χ1v) is 8.81. The van der Waals surface area contributed by atoms with Gasteiger partial charge in [-0.1, -0.05) is 53.7 Å². The first-order valence-electron chi connectivity index (χ1n) is 8.81. The zero-order valence-corrected chi connectivity index (χ0v) is 14.9. The van der Waals surface area contributed by atoms with E-state index in [4.69, 9.17) is 4.52 Å².